The van der Waals surface area contributed by atoms with E-state index in [1.165, 1.54) is 21.5 Å². The van der Waals surface area contributed by atoms with Crippen molar-refractivity contribution in [2.75, 3.05) is 0 Å². The molecule has 0 aliphatic carbocycles. The van der Waals surface area contributed by atoms with Gasteiger partial charge in [-0.15, -0.1) is 0 Å². The highest BCUT2D eigenvalue weighted by atomic mass is 16.3. The van der Waals surface area contributed by atoms with Crippen LogP contribution < -0.4 is 0 Å². The first-order valence-corrected chi connectivity index (χ1v) is 12.5. The standard InChI is InChI=1S/C34H30O2/c1-33(2,35)29-17-7-5-13-23(29)27-19-21-11-9-12-22-20-28(24-14-6-8-18-30(24)34(3,4)36)26-16-10-15-25(27)32(26)31(21)22/h5-20,35-36H,1-4H3. The first kappa shape index (κ1) is 22.7. The minimum absolute atomic E-state index is 0.910. The molecule has 0 aliphatic heterocycles. The summed E-state index contributed by atoms with van der Waals surface area (Å²) in [4.78, 5) is 0. The van der Waals surface area contributed by atoms with Gasteiger partial charge in [0.1, 0.15) is 0 Å². The van der Waals surface area contributed by atoms with Crippen LogP contribution in [0, 0.1) is 0 Å². The Bertz CT molecular complexity index is 1620. The summed E-state index contributed by atoms with van der Waals surface area (Å²) in [5.74, 6) is 0. The molecular formula is C34H30O2. The monoisotopic (exact) mass is 470 g/mol. The van der Waals surface area contributed by atoms with Crippen LogP contribution >= 0.6 is 0 Å². The van der Waals surface area contributed by atoms with Crippen LogP contribution in [-0.4, -0.2) is 10.2 Å². The maximum atomic E-state index is 11.0. The summed E-state index contributed by atoms with van der Waals surface area (Å²) in [6, 6.07) is 33.8. The fourth-order valence-electron chi connectivity index (χ4n) is 5.80. The number of hydrogen-bond donors (Lipinski definition) is 2. The highest BCUT2D eigenvalue weighted by molar-refractivity contribution is 6.29. The zero-order valence-corrected chi connectivity index (χ0v) is 21.1. The Morgan fingerprint density at radius 3 is 1.31 bits per heavy atom. The van der Waals surface area contributed by atoms with Gasteiger partial charge in [-0.1, -0.05) is 84.9 Å². The Morgan fingerprint density at radius 2 is 0.861 bits per heavy atom. The van der Waals surface area contributed by atoms with Gasteiger partial charge in [0.25, 0.3) is 0 Å². The third kappa shape index (κ3) is 3.49. The molecule has 0 saturated carbocycles. The second-order valence-electron chi connectivity index (χ2n) is 10.9. The van der Waals surface area contributed by atoms with Crippen LogP contribution in [0.15, 0.2) is 97.1 Å². The zero-order chi connectivity index (χ0) is 25.2. The van der Waals surface area contributed by atoms with Crippen molar-refractivity contribution in [3.05, 3.63) is 108 Å². The van der Waals surface area contributed by atoms with E-state index < -0.39 is 11.2 Å². The van der Waals surface area contributed by atoms with E-state index in [9.17, 15) is 10.2 Å². The van der Waals surface area contributed by atoms with E-state index in [2.05, 4.69) is 60.7 Å². The lowest BCUT2D eigenvalue weighted by Crippen LogP contribution is -2.16. The minimum Gasteiger partial charge on any atom is -0.386 e. The predicted octanol–water partition coefficient (Wildman–Crippen LogP) is 8.37. The van der Waals surface area contributed by atoms with Gasteiger partial charge in [0.15, 0.2) is 0 Å². The van der Waals surface area contributed by atoms with E-state index in [0.717, 1.165) is 44.2 Å². The summed E-state index contributed by atoms with van der Waals surface area (Å²) in [7, 11) is 0. The van der Waals surface area contributed by atoms with Gasteiger partial charge in [-0.05, 0) is 106 Å². The van der Waals surface area contributed by atoms with Crippen molar-refractivity contribution in [2.24, 2.45) is 0 Å². The second kappa shape index (κ2) is 7.89. The van der Waals surface area contributed by atoms with Gasteiger partial charge >= 0.3 is 0 Å². The number of aliphatic hydroxyl groups is 2. The molecule has 6 aromatic rings. The van der Waals surface area contributed by atoms with E-state index >= 15 is 0 Å². The normalized spacial score (nSPS) is 12.7. The quantitative estimate of drug-likeness (QED) is 0.254. The average molecular weight is 471 g/mol. The molecule has 0 spiro atoms. The SMILES string of the molecule is CC(C)(O)c1ccccc1-c1cc2cccc3cc(-c4ccccc4C(C)(C)O)c4cccc1c4c23. The summed E-state index contributed by atoms with van der Waals surface area (Å²) >= 11 is 0. The molecule has 178 valence electrons. The van der Waals surface area contributed by atoms with Crippen LogP contribution in [0.2, 0.25) is 0 Å². The van der Waals surface area contributed by atoms with Crippen LogP contribution in [-0.2, 0) is 11.2 Å². The minimum atomic E-state index is -0.967. The number of hydrogen-bond acceptors (Lipinski definition) is 2. The van der Waals surface area contributed by atoms with E-state index in [-0.39, 0.29) is 0 Å². The van der Waals surface area contributed by atoms with Crippen LogP contribution in [0.1, 0.15) is 38.8 Å². The van der Waals surface area contributed by atoms with Gasteiger partial charge in [-0.2, -0.15) is 0 Å². The smallest absolute Gasteiger partial charge is 0.0846 e. The fraction of sp³-hybridized carbons (Fsp3) is 0.176. The second-order valence-corrected chi connectivity index (χ2v) is 10.9. The molecule has 0 fully saturated rings. The molecule has 0 bridgehead atoms. The van der Waals surface area contributed by atoms with Gasteiger partial charge in [0, 0.05) is 0 Å². The van der Waals surface area contributed by atoms with Gasteiger partial charge in [0.05, 0.1) is 11.2 Å². The summed E-state index contributed by atoms with van der Waals surface area (Å²) in [5.41, 5.74) is 4.21. The molecule has 6 rings (SSSR count). The van der Waals surface area contributed by atoms with Gasteiger partial charge < -0.3 is 10.2 Å². The Balaban J connectivity index is 1.79. The molecule has 2 N–H and O–H groups in total. The van der Waals surface area contributed by atoms with Gasteiger partial charge in [-0.3, -0.25) is 0 Å². The average Bonchev–Trinajstić information content (AvgIpc) is 2.86. The lowest BCUT2D eigenvalue weighted by atomic mass is 9.81. The van der Waals surface area contributed by atoms with Crippen LogP contribution in [0.3, 0.4) is 0 Å². The van der Waals surface area contributed by atoms with Crippen molar-refractivity contribution in [1.82, 2.24) is 0 Å². The highest BCUT2D eigenvalue weighted by Gasteiger charge is 2.25. The number of benzene rings is 6. The molecule has 0 heterocycles. The van der Waals surface area contributed by atoms with E-state index in [1.54, 1.807) is 0 Å². The van der Waals surface area contributed by atoms with Crippen LogP contribution in [0.4, 0.5) is 0 Å². The van der Waals surface area contributed by atoms with E-state index in [1.807, 2.05) is 64.1 Å². The lowest BCUT2D eigenvalue weighted by molar-refractivity contribution is 0.0786. The highest BCUT2D eigenvalue weighted by Crippen LogP contribution is 2.46. The van der Waals surface area contributed by atoms with E-state index in [4.69, 9.17) is 0 Å². The molecule has 36 heavy (non-hydrogen) atoms. The molecule has 0 saturated heterocycles. The molecule has 0 amide bonds. The number of rotatable bonds is 4. The first-order chi connectivity index (χ1) is 17.1. The summed E-state index contributed by atoms with van der Waals surface area (Å²) in [6.07, 6.45) is 0. The molecule has 0 aromatic heterocycles. The van der Waals surface area contributed by atoms with Crippen molar-refractivity contribution in [3.8, 4) is 22.3 Å². The Kier molecular flexibility index (Phi) is 4.98. The van der Waals surface area contributed by atoms with Crippen LogP contribution in [0.25, 0.3) is 54.6 Å². The van der Waals surface area contributed by atoms with E-state index in [0.29, 0.717) is 0 Å². The van der Waals surface area contributed by atoms with Crippen molar-refractivity contribution in [3.63, 3.8) is 0 Å². The summed E-state index contributed by atoms with van der Waals surface area (Å²) < 4.78 is 0. The zero-order valence-electron chi connectivity index (χ0n) is 21.1. The maximum Gasteiger partial charge on any atom is 0.0846 e. The van der Waals surface area contributed by atoms with Gasteiger partial charge in [0.2, 0.25) is 0 Å². The molecular weight excluding hydrogens is 440 g/mol. The third-order valence-electron chi connectivity index (χ3n) is 7.38. The molecule has 6 aromatic carbocycles. The lowest BCUT2D eigenvalue weighted by Gasteiger charge is -2.25. The molecule has 2 nitrogen and oxygen atoms in total. The fourth-order valence-corrected chi connectivity index (χ4v) is 5.80. The van der Waals surface area contributed by atoms with Crippen LogP contribution in [0.5, 0.6) is 0 Å². The first-order valence-electron chi connectivity index (χ1n) is 12.5. The summed E-state index contributed by atoms with van der Waals surface area (Å²) in [6.45, 7) is 7.37. The Hall–Kier alpha value is -3.72. The summed E-state index contributed by atoms with van der Waals surface area (Å²) in [5, 5.41) is 29.1. The molecule has 0 radical (unpaired) electrons. The maximum absolute atomic E-state index is 11.0. The van der Waals surface area contributed by atoms with Crippen molar-refractivity contribution in [1.29, 1.82) is 0 Å². The Labute approximate surface area is 211 Å². The molecule has 0 atom stereocenters. The van der Waals surface area contributed by atoms with Crippen molar-refractivity contribution in [2.45, 2.75) is 38.9 Å². The van der Waals surface area contributed by atoms with Gasteiger partial charge in [-0.25, -0.2) is 0 Å². The molecule has 0 unspecified atom stereocenters. The third-order valence-corrected chi connectivity index (χ3v) is 7.38. The Morgan fingerprint density at radius 1 is 0.444 bits per heavy atom. The topological polar surface area (TPSA) is 40.5 Å². The van der Waals surface area contributed by atoms with Crippen molar-refractivity contribution >= 4 is 32.3 Å². The predicted molar refractivity (Wildman–Crippen MR) is 152 cm³/mol. The molecule has 2 heteroatoms. The largest absolute Gasteiger partial charge is 0.386 e. The van der Waals surface area contributed by atoms with Crippen molar-refractivity contribution < 1.29 is 10.2 Å². The molecule has 0 aliphatic rings.